The lowest BCUT2D eigenvalue weighted by molar-refractivity contribution is -0.147. The molecule has 112 valence electrons. The Bertz CT molecular complexity index is 618. The van der Waals surface area contributed by atoms with Gasteiger partial charge in [0.15, 0.2) is 6.10 Å². The number of benzene rings is 1. The molecule has 21 heavy (non-hydrogen) atoms. The summed E-state index contributed by atoms with van der Waals surface area (Å²) >= 11 is 5.93. The first-order chi connectivity index (χ1) is 9.89. The molecule has 2 aliphatic heterocycles. The Morgan fingerprint density at radius 3 is 2.90 bits per heavy atom. The first-order valence-corrected chi connectivity index (χ1v) is 7.24. The molecule has 0 bridgehead atoms. The molecule has 0 aromatic heterocycles. The van der Waals surface area contributed by atoms with E-state index in [-0.39, 0.29) is 12.5 Å². The minimum absolute atomic E-state index is 0.146. The second-order valence-electron chi connectivity index (χ2n) is 5.94. The van der Waals surface area contributed by atoms with Gasteiger partial charge in [-0.3, -0.25) is 9.59 Å². The number of hydrogen-bond acceptors (Lipinski definition) is 3. The topological polar surface area (TPSA) is 66.8 Å². The number of likely N-dealkylation sites (tertiary alicyclic amines) is 1. The summed E-state index contributed by atoms with van der Waals surface area (Å²) in [6, 6.07) is 5.29. The van der Waals surface area contributed by atoms with Crippen molar-refractivity contribution in [3.8, 4) is 5.75 Å². The van der Waals surface area contributed by atoms with Gasteiger partial charge in [0.05, 0.1) is 5.41 Å². The van der Waals surface area contributed by atoms with Crippen LogP contribution in [-0.4, -0.2) is 41.1 Å². The predicted molar refractivity (Wildman–Crippen MR) is 76.5 cm³/mol. The van der Waals surface area contributed by atoms with Gasteiger partial charge in [0.2, 0.25) is 0 Å². The molecule has 1 aromatic carbocycles. The van der Waals surface area contributed by atoms with Gasteiger partial charge in [-0.15, -0.1) is 0 Å². The van der Waals surface area contributed by atoms with Crippen LogP contribution in [0.3, 0.4) is 0 Å². The average Bonchev–Trinajstić information content (AvgIpc) is 3.02. The van der Waals surface area contributed by atoms with E-state index in [0.29, 0.717) is 30.2 Å². The molecular formula is C15H16ClNO4. The Balaban J connectivity index is 1.70. The molecule has 1 N–H and O–H groups in total. The highest BCUT2D eigenvalue weighted by atomic mass is 35.5. The lowest BCUT2D eigenvalue weighted by Gasteiger charge is -2.22. The number of carboxylic acids is 1. The summed E-state index contributed by atoms with van der Waals surface area (Å²) in [5, 5.41) is 9.84. The van der Waals surface area contributed by atoms with Crippen LogP contribution in [0.2, 0.25) is 5.02 Å². The van der Waals surface area contributed by atoms with E-state index < -0.39 is 17.5 Å². The number of aliphatic carboxylic acids is 1. The molecule has 1 fully saturated rings. The van der Waals surface area contributed by atoms with E-state index in [2.05, 4.69) is 0 Å². The van der Waals surface area contributed by atoms with Gasteiger partial charge in [-0.1, -0.05) is 11.6 Å². The molecule has 6 heteroatoms. The van der Waals surface area contributed by atoms with E-state index >= 15 is 0 Å². The summed E-state index contributed by atoms with van der Waals surface area (Å²) < 4.78 is 5.67. The quantitative estimate of drug-likeness (QED) is 0.907. The summed E-state index contributed by atoms with van der Waals surface area (Å²) in [6.45, 7) is 2.36. The van der Waals surface area contributed by atoms with Gasteiger partial charge in [-0.25, -0.2) is 0 Å². The fourth-order valence-electron chi connectivity index (χ4n) is 2.88. The van der Waals surface area contributed by atoms with E-state index in [1.54, 1.807) is 30.0 Å². The summed E-state index contributed by atoms with van der Waals surface area (Å²) in [7, 11) is 0. The van der Waals surface area contributed by atoms with Crippen molar-refractivity contribution >= 4 is 23.5 Å². The molecule has 5 nitrogen and oxygen atoms in total. The number of halogens is 1. The zero-order valence-electron chi connectivity index (χ0n) is 11.6. The fraction of sp³-hybridized carbons (Fsp3) is 0.467. The molecule has 0 spiro atoms. The highest BCUT2D eigenvalue weighted by Gasteiger charge is 2.44. The van der Waals surface area contributed by atoms with E-state index in [9.17, 15) is 14.7 Å². The lowest BCUT2D eigenvalue weighted by Crippen LogP contribution is -2.42. The number of rotatable bonds is 2. The van der Waals surface area contributed by atoms with E-state index in [1.807, 2.05) is 0 Å². The van der Waals surface area contributed by atoms with Crippen molar-refractivity contribution in [1.82, 2.24) is 4.90 Å². The van der Waals surface area contributed by atoms with E-state index in [4.69, 9.17) is 16.3 Å². The van der Waals surface area contributed by atoms with Crippen LogP contribution in [0, 0.1) is 5.41 Å². The third-order valence-electron chi connectivity index (χ3n) is 4.27. The molecule has 0 radical (unpaired) electrons. The highest BCUT2D eigenvalue weighted by molar-refractivity contribution is 6.30. The first kappa shape index (κ1) is 14.2. The molecule has 2 atom stereocenters. The summed E-state index contributed by atoms with van der Waals surface area (Å²) in [6.07, 6.45) is 0.379. The number of nitrogens with zero attached hydrogens (tertiary/aromatic N) is 1. The number of carbonyl (C=O) groups excluding carboxylic acids is 1. The fourth-order valence-corrected chi connectivity index (χ4v) is 3.08. The van der Waals surface area contributed by atoms with Gasteiger partial charge in [-0.2, -0.15) is 0 Å². The molecule has 1 amide bonds. The van der Waals surface area contributed by atoms with Crippen molar-refractivity contribution < 1.29 is 19.4 Å². The maximum absolute atomic E-state index is 12.5. The second-order valence-corrected chi connectivity index (χ2v) is 6.37. The Morgan fingerprint density at radius 1 is 1.48 bits per heavy atom. The van der Waals surface area contributed by atoms with Crippen LogP contribution in [0.5, 0.6) is 5.75 Å². The van der Waals surface area contributed by atoms with Crippen molar-refractivity contribution in [2.24, 2.45) is 5.41 Å². The van der Waals surface area contributed by atoms with Gasteiger partial charge in [0.25, 0.3) is 5.91 Å². The standard InChI is InChI=1S/C15H16ClNO4/c1-15(14(19)20)4-5-17(8-15)13(18)12-7-9-6-10(16)2-3-11(9)21-12/h2-3,6,12H,4-5,7-8H2,1H3,(H,19,20)/t12-,15-/m0/s1. The van der Waals surface area contributed by atoms with Crippen molar-refractivity contribution in [2.45, 2.75) is 25.9 Å². The van der Waals surface area contributed by atoms with Crippen LogP contribution in [0.4, 0.5) is 0 Å². The minimum Gasteiger partial charge on any atom is -0.481 e. The summed E-state index contributed by atoms with van der Waals surface area (Å²) in [5.74, 6) is -0.328. The van der Waals surface area contributed by atoms with Gasteiger partial charge >= 0.3 is 5.97 Å². The van der Waals surface area contributed by atoms with Gasteiger partial charge < -0.3 is 14.7 Å². The first-order valence-electron chi connectivity index (χ1n) is 6.86. The lowest BCUT2D eigenvalue weighted by atomic mass is 9.90. The van der Waals surface area contributed by atoms with Crippen LogP contribution in [0.25, 0.3) is 0 Å². The van der Waals surface area contributed by atoms with Crippen LogP contribution in [-0.2, 0) is 16.0 Å². The number of hydrogen-bond donors (Lipinski definition) is 1. The molecule has 2 aliphatic rings. The molecular weight excluding hydrogens is 294 g/mol. The number of fused-ring (bicyclic) bond motifs is 1. The Kier molecular flexibility index (Phi) is 3.32. The Morgan fingerprint density at radius 2 is 2.24 bits per heavy atom. The van der Waals surface area contributed by atoms with E-state index in [0.717, 1.165) is 5.56 Å². The summed E-state index contributed by atoms with van der Waals surface area (Å²) in [4.78, 5) is 25.3. The van der Waals surface area contributed by atoms with Gasteiger partial charge in [0, 0.05) is 24.5 Å². The number of carboxylic acid groups (broad SMARTS) is 1. The molecule has 1 aromatic rings. The van der Waals surface area contributed by atoms with Crippen LogP contribution in [0.15, 0.2) is 18.2 Å². The zero-order valence-corrected chi connectivity index (χ0v) is 12.4. The maximum Gasteiger partial charge on any atom is 0.311 e. The van der Waals surface area contributed by atoms with Crippen molar-refractivity contribution in [3.63, 3.8) is 0 Å². The molecule has 2 heterocycles. The zero-order chi connectivity index (χ0) is 15.2. The Hall–Kier alpha value is -1.75. The van der Waals surface area contributed by atoms with Crippen molar-refractivity contribution in [3.05, 3.63) is 28.8 Å². The maximum atomic E-state index is 12.5. The number of ether oxygens (including phenoxy) is 1. The number of amides is 1. The van der Waals surface area contributed by atoms with Crippen molar-refractivity contribution in [2.75, 3.05) is 13.1 Å². The summed E-state index contributed by atoms with van der Waals surface area (Å²) in [5.41, 5.74) is 0.0609. The van der Waals surface area contributed by atoms with Gasteiger partial charge in [0.1, 0.15) is 5.75 Å². The second kappa shape index (κ2) is 4.91. The van der Waals surface area contributed by atoms with Crippen LogP contribution >= 0.6 is 11.6 Å². The van der Waals surface area contributed by atoms with Crippen LogP contribution in [0.1, 0.15) is 18.9 Å². The monoisotopic (exact) mass is 309 g/mol. The normalized spacial score (nSPS) is 27.3. The largest absolute Gasteiger partial charge is 0.481 e. The van der Waals surface area contributed by atoms with Gasteiger partial charge in [-0.05, 0) is 37.1 Å². The molecule has 0 saturated carbocycles. The molecule has 1 saturated heterocycles. The van der Waals surface area contributed by atoms with Crippen LogP contribution < -0.4 is 4.74 Å². The Labute approximate surface area is 127 Å². The smallest absolute Gasteiger partial charge is 0.311 e. The minimum atomic E-state index is -0.861. The van der Waals surface area contributed by atoms with Crippen molar-refractivity contribution in [1.29, 1.82) is 0 Å². The predicted octanol–water partition coefficient (Wildman–Crippen LogP) is 1.97. The molecule has 3 rings (SSSR count). The third-order valence-corrected chi connectivity index (χ3v) is 4.51. The number of carbonyl (C=O) groups is 2. The average molecular weight is 310 g/mol. The molecule has 0 unspecified atom stereocenters. The molecule has 0 aliphatic carbocycles. The SMILES string of the molecule is C[C@]1(C(=O)O)CCN(C(=O)[C@@H]2Cc3cc(Cl)ccc3O2)C1. The van der Waals surface area contributed by atoms with E-state index in [1.165, 1.54) is 0 Å². The third kappa shape index (κ3) is 2.46. The highest BCUT2D eigenvalue weighted by Crippen LogP contribution is 2.34.